The van der Waals surface area contributed by atoms with E-state index in [0.717, 1.165) is 5.69 Å². The van der Waals surface area contributed by atoms with Crippen LogP contribution in [0.4, 0.5) is 11.4 Å². The summed E-state index contributed by atoms with van der Waals surface area (Å²) in [6, 6.07) is 11.9. The van der Waals surface area contributed by atoms with Gasteiger partial charge in [-0.05, 0) is 56.3 Å². The average Bonchev–Trinajstić information content (AvgIpc) is 2.62. The van der Waals surface area contributed by atoms with Crippen molar-refractivity contribution >= 4 is 34.7 Å². The number of carbonyl (C=O) groups excluding carboxylic acids is 2. The molecule has 0 spiro atoms. The van der Waals surface area contributed by atoms with E-state index in [0.29, 0.717) is 35.2 Å². The third kappa shape index (κ3) is 3.77. The Morgan fingerprint density at radius 3 is 2.60 bits per heavy atom. The highest BCUT2D eigenvalue weighted by atomic mass is 35.5. The molecule has 2 aromatic rings. The normalized spacial score (nSPS) is 14.3. The second-order valence-corrected chi connectivity index (χ2v) is 6.39. The van der Waals surface area contributed by atoms with Crippen molar-refractivity contribution in [2.75, 3.05) is 23.4 Å². The average molecular weight is 359 g/mol. The first kappa shape index (κ1) is 17.3. The van der Waals surface area contributed by atoms with Gasteiger partial charge in [0.2, 0.25) is 5.91 Å². The largest absolute Gasteiger partial charge is 0.490 e. The van der Waals surface area contributed by atoms with Crippen LogP contribution in [0.15, 0.2) is 42.5 Å². The van der Waals surface area contributed by atoms with E-state index in [4.69, 9.17) is 16.3 Å². The molecule has 0 bridgehead atoms. The first-order valence-corrected chi connectivity index (χ1v) is 8.44. The molecule has 2 aromatic carbocycles. The Hall–Kier alpha value is -2.53. The zero-order valence-corrected chi connectivity index (χ0v) is 14.8. The van der Waals surface area contributed by atoms with E-state index in [9.17, 15) is 9.59 Å². The van der Waals surface area contributed by atoms with Gasteiger partial charge in [0.1, 0.15) is 18.4 Å². The molecule has 0 saturated carbocycles. The second-order valence-electron chi connectivity index (χ2n) is 5.95. The minimum atomic E-state index is -0.416. The minimum Gasteiger partial charge on any atom is -0.490 e. The third-order valence-electron chi connectivity index (χ3n) is 4.22. The molecule has 0 fully saturated rings. The quantitative estimate of drug-likeness (QED) is 0.845. The molecule has 1 atom stereocenters. The van der Waals surface area contributed by atoms with E-state index in [1.807, 2.05) is 11.8 Å². The van der Waals surface area contributed by atoms with Gasteiger partial charge in [-0.1, -0.05) is 11.6 Å². The van der Waals surface area contributed by atoms with Gasteiger partial charge in [-0.15, -0.1) is 0 Å². The van der Waals surface area contributed by atoms with Crippen LogP contribution in [0.1, 0.15) is 24.2 Å². The van der Waals surface area contributed by atoms with Crippen LogP contribution in [0.25, 0.3) is 0 Å². The van der Waals surface area contributed by atoms with Gasteiger partial charge in [0.15, 0.2) is 5.78 Å². The summed E-state index contributed by atoms with van der Waals surface area (Å²) in [7, 11) is 0. The first-order valence-electron chi connectivity index (χ1n) is 8.06. The topological polar surface area (TPSA) is 58.6 Å². The Kier molecular flexibility index (Phi) is 4.95. The number of anilines is 2. The van der Waals surface area contributed by atoms with Gasteiger partial charge in [0.05, 0.1) is 12.2 Å². The lowest BCUT2D eigenvalue weighted by molar-refractivity contribution is -0.117. The van der Waals surface area contributed by atoms with E-state index in [2.05, 4.69) is 5.32 Å². The number of halogens is 1. The summed E-state index contributed by atoms with van der Waals surface area (Å²) in [6.07, 6.45) is 0. The number of ketones is 1. The summed E-state index contributed by atoms with van der Waals surface area (Å²) in [6.45, 7) is 4.42. The van der Waals surface area contributed by atoms with Crippen LogP contribution < -0.4 is 15.0 Å². The number of fused-ring (bicyclic) bond motifs is 1. The molecule has 130 valence electrons. The van der Waals surface area contributed by atoms with Crippen molar-refractivity contribution in [3.05, 3.63) is 53.1 Å². The highest BCUT2D eigenvalue weighted by molar-refractivity contribution is 6.30. The Morgan fingerprint density at radius 2 is 1.92 bits per heavy atom. The van der Waals surface area contributed by atoms with Gasteiger partial charge >= 0.3 is 0 Å². The molecule has 1 aliphatic heterocycles. The number of nitrogens with one attached hydrogen (secondary N) is 1. The SMILES string of the molecule is CC(=O)c1ccc2c(c1)N(C(C)C(=O)Nc1ccc(Cl)cc1)CCO2. The summed E-state index contributed by atoms with van der Waals surface area (Å²) < 4.78 is 5.65. The predicted molar refractivity (Wildman–Crippen MR) is 98.8 cm³/mol. The molecule has 1 amide bonds. The lowest BCUT2D eigenvalue weighted by Gasteiger charge is -2.35. The van der Waals surface area contributed by atoms with Gasteiger partial charge < -0.3 is 15.0 Å². The van der Waals surface area contributed by atoms with Crippen LogP contribution in [-0.4, -0.2) is 30.9 Å². The van der Waals surface area contributed by atoms with Crippen molar-refractivity contribution in [1.82, 2.24) is 0 Å². The van der Waals surface area contributed by atoms with Crippen LogP contribution in [0.3, 0.4) is 0 Å². The number of hydrogen-bond acceptors (Lipinski definition) is 4. The van der Waals surface area contributed by atoms with Crippen LogP contribution >= 0.6 is 11.6 Å². The lowest BCUT2D eigenvalue weighted by atomic mass is 10.1. The van der Waals surface area contributed by atoms with E-state index in [-0.39, 0.29) is 11.7 Å². The molecule has 6 heteroatoms. The van der Waals surface area contributed by atoms with E-state index in [1.165, 1.54) is 6.92 Å². The highest BCUT2D eigenvalue weighted by Crippen LogP contribution is 2.34. The number of amides is 1. The van der Waals surface area contributed by atoms with Crippen molar-refractivity contribution in [1.29, 1.82) is 0 Å². The molecule has 0 aromatic heterocycles. The molecule has 0 radical (unpaired) electrons. The van der Waals surface area contributed by atoms with Crippen molar-refractivity contribution < 1.29 is 14.3 Å². The molecule has 0 saturated heterocycles. The zero-order valence-electron chi connectivity index (χ0n) is 14.1. The standard InChI is InChI=1S/C19H19ClN2O3/c1-12(19(24)21-16-6-4-15(20)5-7-16)22-9-10-25-18-8-3-14(13(2)23)11-17(18)22/h3-8,11-12H,9-10H2,1-2H3,(H,21,24). The molecule has 1 N–H and O–H groups in total. The molecule has 25 heavy (non-hydrogen) atoms. The number of benzene rings is 2. The van der Waals surface area contributed by atoms with Crippen molar-refractivity contribution in [3.63, 3.8) is 0 Å². The first-order chi connectivity index (χ1) is 12.0. The third-order valence-corrected chi connectivity index (χ3v) is 4.48. The number of hydrogen-bond donors (Lipinski definition) is 1. The van der Waals surface area contributed by atoms with Crippen LogP contribution in [-0.2, 0) is 4.79 Å². The summed E-state index contributed by atoms with van der Waals surface area (Å²) in [4.78, 5) is 26.2. The summed E-state index contributed by atoms with van der Waals surface area (Å²) in [5.74, 6) is 0.525. The van der Waals surface area contributed by atoms with E-state index >= 15 is 0 Å². The molecule has 1 aliphatic rings. The van der Waals surface area contributed by atoms with Gasteiger partial charge in [-0.2, -0.15) is 0 Å². The smallest absolute Gasteiger partial charge is 0.246 e. The van der Waals surface area contributed by atoms with Gasteiger partial charge in [-0.25, -0.2) is 0 Å². The van der Waals surface area contributed by atoms with E-state index in [1.54, 1.807) is 42.5 Å². The highest BCUT2D eigenvalue weighted by Gasteiger charge is 2.27. The Balaban J connectivity index is 1.82. The minimum absolute atomic E-state index is 0.0217. The molecule has 1 unspecified atom stereocenters. The molecular formula is C19H19ClN2O3. The van der Waals surface area contributed by atoms with Crippen LogP contribution in [0.2, 0.25) is 5.02 Å². The Morgan fingerprint density at radius 1 is 1.20 bits per heavy atom. The van der Waals surface area contributed by atoms with Crippen molar-refractivity contribution in [3.8, 4) is 5.75 Å². The van der Waals surface area contributed by atoms with Gasteiger partial charge in [0, 0.05) is 16.3 Å². The number of Topliss-reactive ketones (excluding diaryl/α,β-unsaturated/α-hetero) is 1. The van der Waals surface area contributed by atoms with E-state index < -0.39 is 6.04 Å². The summed E-state index contributed by atoms with van der Waals surface area (Å²) in [5, 5.41) is 3.50. The van der Waals surface area contributed by atoms with Crippen LogP contribution in [0, 0.1) is 0 Å². The van der Waals surface area contributed by atoms with Gasteiger partial charge in [-0.3, -0.25) is 9.59 Å². The fraction of sp³-hybridized carbons (Fsp3) is 0.263. The fourth-order valence-corrected chi connectivity index (χ4v) is 2.91. The molecule has 5 nitrogen and oxygen atoms in total. The summed E-state index contributed by atoms with van der Waals surface area (Å²) in [5.41, 5.74) is 2.05. The maximum atomic E-state index is 12.6. The fourth-order valence-electron chi connectivity index (χ4n) is 2.78. The Labute approximate surface area is 151 Å². The van der Waals surface area contributed by atoms with Crippen molar-refractivity contribution in [2.45, 2.75) is 19.9 Å². The van der Waals surface area contributed by atoms with Crippen molar-refractivity contribution in [2.24, 2.45) is 0 Å². The maximum absolute atomic E-state index is 12.6. The number of ether oxygens (including phenoxy) is 1. The second kappa shape index (κ2) is 7.15. The number of carbonyl (C=O) groups is 2. The number of rotatable bonds is 4. The van der Waals surface area contributed by atoms with Crippen LogP contribution in [0.5, 0.6) is 5.75 Å². The zero-order chi connectivity index (χ0) is 18.0. The molecular weight excluding hydrogens is 340 g/mol. The van der Waals surface area contributed by atoms with Gasteiger partial charge in [0.25, 0.3) is 0 Å². The molecule has 0 aliphatic carbocycles. The predicted octanol–water partition coefficient (Wildman–Crippen LogP) is 3.77. The Bertz CT molecular complexity index is 805. The molecule has 3 rings (SSSR count). The summed E-state index contributed by atoms with van der Waals surface area (Å²) >= 11 is 5.87. The number of nitrogens with zero attached hydrogens (tertiary/aromatic N) is 1. The molecule has 1 heterocycles. The maximum Gasteiger partial charge on any atom is 0.246 e. The lowest BCUT2D eigenvalue weighted by Crippen LogP contribution is -2.46. The monoisotopic (exact) mass is 358 g/mol.